The van der Waals surface area contributed by atoms with Gasteiger partial charge in [-0.1, -0.05) is 17.7 Å². The van der Waals surface area contributed by atoms with Crippen molar-refractivity contribution in [2.75, 3.05) is 13.7 Å². The molecule has 0 unspecified atom stereocenters. The van der Waals surface area contributed by atoms with Crippen LogP contribution in [0.1, 0.15) is 18.1 Å². The van der Waals surface area contributed by atoms with Crippen LogP contribution in [0.3, 0.4) is 0 Å². The highest BCUT2D eigenvalue weighted by molar-refractivity contribution is 9.10. The molecule has 0 aliphatic rings. The van der Waals surface area contributed by atoms with Gasteiger partial charge in [0.2, 0.25) is 0 Å². The minimum atomic E-state index is -3.71. The van der Waals surface area contributed by atoms with Gasteiger partial charge in [0.05, 0.1) is 29.3 Å². The molecule has 2 aromatic rings. The molecule has 0 radical (unpaired) electrons. The van der Waals surface area contributed by atoms with Gasteiger partial charge in [-0.25, -0.2) is 4.83 Å². The Hall–Kier alpha value is -2.06. The molecule has 0 aliphatic heterocycles. The number of ether oxygens (including phenoxy) is 2. The number of hydrogen-bond donors (Lipinski definition) is 1. The minimum Gasteiger partial charge on any atom is -0.492 e. The zero-order valence-corrected chi connectivity index (χ0v) is 16.5. The first-order valence-corrected chi connectivity index (χ1v) is 9.77. The summed E-state index contributed by atoms with van der Waals surface area (Å²) in [6.07, 6.45) is 1.40. The van der Waals surface area contributed by atoms with Crippen molar-refractivity contribution in [1.82, 2.24) is 4.83 Å². The largest absolute Gasteiger partial charge is 0.492 e. The lowest BCUT2D eigenvalue weighted by Gasteiger charge is -2.11. The van der Waals surface area contributed by atoms with Gasteiger partial charge in [0.25, 0.3) is 10.0 Å². The Balaban J connectivity index is 2.20. The number of nitrogens with one attached hydrogen (secondary N) is 1. The van der Waals surface area contributed by atoms with Gasteiger partial charge < -0.3 is 9.47 Å². The molecule has 0 atom stereocenters. The molecule has 0 amide bonds. The Bertz CT molecular complexity index is 865. The lowest BCUT2D eigenvalue weighted by Crippen LogP contribution is -2.18. The summed E-state index contributed by atoms with van der Waals surface area (Å²) in [6.45, 7) is 4.23. The molecule has 0 spiro atoms. The molecule has 0 aromatic heterocycles. The van der Waals surface area contributed by atoms with Crippen LogP contribution in [0.5, 0.6) is 11.5 Å². The average Bonchev–Trinajstić information content (AvgIpc) is 2.55. The fourth-order valence-corrected chi connectivity index (χ4v) is 3.48. The van der Waals surface area contributed by atoms with Gasteiger partial charge >= 0.3 is 0 Å². The molecule has 0 heterocycles. The van der Waals surface area contributed by atoms with E-state index in [2.05, 4.69) is 25.9 Å². The topological polar surface area (TPSA) is 77.0 Å². The molecular weight excluding hydrogens is 408 g/mol. The number of hydrazone groups is 1. The van der Waals surface area contributed by atoms with E-state index in [1.54, 1.807) is 31.4 Å². The highest BCUT2D eigenvalue weighted by Gasteiger charge is 2.13. The van der Waals surface area contributed by atoms with Crippen LogP contribution >= 0.6 is 15.9 Å². The van der Waals surface area contributed by atoms with Crippen molar-refractivity contribution in [3.8, 4) is 11.5 Å². The van der Waals surface area contributed by atoms with E-state index in [4.69, 9.17) is 9.47 Å². The molecule has 1 N–H and O–H groups in total. The Morgan fingerprint density at radius 2 is 1.92 bits per heavy atom. The van der Waals surface area contributed by atoms with Crippen LogP contribution in [0.4, 0.5) is 0 Å². The van der Waals surface area contributed by atoms with E-state index in [1.807, 2.05) is 13.8 Å². The minimum absolute atomic E-state index is 0.154. The van der Waals surface area contributed by atoms with Gasteiger partial charge in [0.15, 0.2) is 11.5 Å². The predicted molar refractivity (Wildman–Crippen MR) is 101 cm³/mol. The Labute approximate surface area is 156 Å². The Morgan fingerprint density at radius 3 is 2.52 bits per heavy atom. The molecule has 0 bridgehead atoms. The molecule has 2 aromatic carbocycles. The summed E-state index contributed by atoms with van der Waals surface area (Å²) in [6, 6.07) is 10.00. The van der Waals surface area contributed by atoms with Crippen molar-refractivity contribution in [2.45, 2.75) is 18.7 Å². The van der Waals surface area contributed by atoms with E-state index < -0.39 is 10.0 Å². The van der Waals surface area contributed by atoms with Crippen LogP contribution in [0, 0.1) is 6.92 Å². The molecule has 0 aliphatic carbocycles. The molecule has 0 fully saturated rings. The van der Waals surface area contributed by atoms with Gasteiger partial charge in [-0.3, -0.25) is 0 Å². The first-order valence-electron chi connectivity index (χ1n) is 7.49. The third-order valence-electron chi connectivity index (χ3n) is 3.25. The standard InChI is InChI=1S/C17H19BrN2O4S/c1-4-24-16-10-13(9-15(18)17(16)23-3)11-19-20-25(21,22)14-7-5-12(2)6-8-14/h5-11,20H,4H2,1-3H3/b19-11-. The number of benzene rings is 2. The SMILES string of the molecule is CCOc1cc(/C=N\NS(=O)(=O)c2ccc(C)cc2)cc(Br)c1OC. The lowest BCUT2D eigenvalue weighted by molar-refractivity contribution is 0.310. The van der Waals surface area contributed by atoms with Crippen molar-refractivity contribution < 1.29 is 17.9 Å². The second-order valence-corrected chi connectivity index (χ2v) is 7.65. The first-order chi connectivity index (χ1) is 11.9. The van der Waals surface area contributed by atoms with Gasteiger partial charge in [0, 0.05) is 0 Å². The zero-order valence-electron chi connectivity index (χ0n) is 14.1. The molecule has 134 valence electrons. The second-order valence-electron chi connectivity index (χ2n) is 5.13. The fraction of sp³-hybridized carbons (Fsp3) is 0.235. The van der Waals surface area contributed by atoms with E-state index in [9.17, 15) is 8.42 Å². The van der Waals surface area contributed by atoms with E-state index >= 15 is 0 Å². The third kappa shape index (κ3) is 4.96. The maximum absolute atomic E-state index is 12.2. The maximum atomic E-state index is 12.2. The molecular formula is C17H19BrN2O4S. The van der Waals surface area contributed by atoms with Gasteiger partial charge in [-0.15, -0.1) is 0 Å². The molecule has 2 rings (SSSR count). The van der Waals surface area contributed by atoms with Crippen molar-refractivity contribution in [2.24, 2.45) is 5.10 Å². The van der Waals surface area contributed by atoms with Crippen LogP contribution in [0.2, 0.25) is 0 Å². The van der Waals surface area contributed by atoms with Crippen molar-refractivity contribution in [3.63, 3.8) is 0 Å². The first kappa shape index (κ1) is 19.3. The predicted octanol–water partition coefficient (Wildman–Crippen LogP) is 3.48. The number of hydrogen-bond acceptors (Lipinski definition) is 5. The number of aryl methyl sites for hydroxylation is 1. The maximum Gasteiger partial charge on any atom is 0.276 e. The van der Waals surface area contributed by atoms with Crippen LogP contribution < -0.4 is 14.3 Å². The van der Waals surface area contributed by atoms with Crippen molar-refractivity contribution >= 4 is 32.2 Å². The van der Waals surface area contributed by atoms with Crippen LogP contribution in [-0.2, 0) is 10.0 Å². The van der Waals surface area contributed by atoms with Crippen molar-refractivity contribution in [3.05, 3.63) is 52.0 Å². The quantitative estimate of drug-likeness (QED) is 0.542. The second kappa shape index (κ2) is 8.35. The summed E-state index contributed by atoms with van der Waals surface area (Å²) in [5, 5.41) is 3.83. The highest BCUT2D eigenvalue weighted by atomic mass is 79.9. The fourth-order valence-electron chi connectivity index (χ4n) is 2.06. The van der Waals surface area contributed by atoms with E-state index in [0.29, 0.717) is 28.1 Å². The van der Waals surface area contributed by atoms with Gasteiger partial charge in [0.1, 0.15) is 0 Å². The van der Waals surface area contributed by atoms with Crippen LogP contribution in [-0.4, -0.2) is 28.3 Å². The molecule has 0 saturated carbocycles. The number of methoxy groups -OCH3 is 1. The summed E-state index contributed by atoms with van der Waals surface area (Å²) in [7, 11) is -2.16. The van der Waals surface area contributed by atoms with Gasteiger partial charge in [-0.05, 0) is 59.6 Å². The molecule has 6 nitrogen and oxygen atoms in total. The normalized spacial score (nSPS) is 11.5. The lowest BCUT2D eigenvalue weighted by atomic mass is 10.2. The van der Waals surface area contributed by atoms with Crippen molar-refractivity contribution in [1.29, 1.82) is 0 Å². The van der Waals surface area contributed by atoms with E-state index in [-0.39, 0.29) is 4.90 Å². The van der Waals surface area contributed by atoms with Gasteiger partial charge in [-0.2, -0.15) is 13.5 Å². The Kier molecular flexibility index (Phi) is 6.44. The van der Waals surface area contributed by atoms with E-state index in [0.717, 1.165) is 5.56 Å². The summed E-state index contributed by atoms with van der Waals surface area (Å²) in [5.41, 5.74) is 1.64. The summed E-state index contributed by atoms with van der Waals surface area (Å²) in [5.74, 6) is 1.11. The summed E-state index contributed by atoms with van der Waals surface area (Å²) in [4.78, 5) is 2.35. The number of sulfonamides is 1. The number of rotatable bonds is 7. The number of halogens is 1. The third-order valence-corrected chi connectivity index (χ3v) is 5.08. The number of nitrogens with zero attached hydrogens (tertiary/aromatic N) is 1. The van der Waals surface area contributed by atoms with Crippen LogP contribution in [0.15, 0.2) is 50.9 Å². The molecule has 8 heteroatoms. The van der Waals surface area contributed by atoms with Crippen LogP contribution in [0.25, 0.3) is 0 Å². The Morgan fingerprint density at radius 1 is 1.24 bits per heavy atom. The van der Waals surface area contributed by atoms with E-state index in [1.165, 1.54) is 18.3 Å². The average molecular weight is 427 g/mol. The smallest absolute Gasteiger partial charge is 0.276 e. The summed E-state index contributed by atoms with van der Waals surface area (Å²) >= 11 is 3.40. The molecule has 25 heavy (non-hydrogen) atoms. The molecule has 0 saturated heterocycles. The summed E-state index contributed by atoms with van der Waals surface area (Å²) < 4.78 is 35.9. The highest BCUT2D eigenvalue weighted by Crippen LogP contribution is 2.36. The monoisotopic (exact) mass is 426 g/mol. The zero-order chi connectivity index (χ0) is 18.4.